The molecule has 1 amide bonds. The molecule has 0 spiro atoms. The van der Waals surface area contributed by atoms with Crippen molar-refractivity contribution in [2.75, 3.05) is 19.7 Å². The zero-order chi connectivity index (χ0) is 21.7. The molecule has 1 aliphatic heterocycles. The van der Waals surface area contributed by atoms with E-state index in [1.807, 2.05) is 18.2 Å². The molecule has 2 aromatic carbocycles. The summed E-state index contributed by atoms with van der Waals surface area (Å²) in [6, 6.07) is 14.0. The van der Waals surface area contributed by atoms with Gasteiger partial charge in [0.05, 0.1) is 5.56 Å². The Kier molecular flexibility index (Phi) is 6.87. The van der Waals surface area contributed by atoms with Gasteiger partial charge in [-0.2, -0.15) is 0 Å². The van der Waals surface area contributed by atoms with Crippen LogP contribution in [-0.4, -0.2) is 42.4 Å². The molecule has 1 heterocycles. The molecule has 2 aromatic rings. The Bertz CT molecular complexity index is 911. The second-order valence-corrected chi connectivity index (χ2v) is 8.02. The quantitative estimate of drug-likeness (QED) is 0.552. The lowest BCUT2D eigenvalue weighted by molar-refractivity contribution is -0.137. The van der Waals surface area contributed by atoms with E-state index in [0.717, 1.165) is 17.5 Å². The van der Waals surface area contributed by atoms with E-state index < -0.39 is 5.97 Å². The van der Waals surface area contributed by atoms with Crippen LogP contribution in [-0.2, 0) is 14.3 Å². The number of hydrogen-bond acceptors (Lipinski definition) is 5. The first-order valence-corrected chi connectivity index (χ1v) is 10.2. The standard InChI is InChI=1S/C24H27NO5/c1-16-11-17(2)14-25(13-16)23(27)15-29-24(28)21-6-4-5-20(12-21)19-7-9-22(10-8-19)30-18(3)26/h4-10,12,16-17H,11,13-15H2,1-3H3/t16-,17-/m1/s1. The van der Waals surface area contributed by atoms with Gasteiger partial charge in [-0.1, -0.05) is 38.1 Å². The van der Waals surface area contributed by atoms with Gasteiger partial charge in [-0.3, -0.25) is 9.59 Å². The Morgan fingerprint density at radius 2 is 1.63 bits per heavy atom. The van der Waals surface area contributed by atoms with Crippen LogP contribution in [0.5, 0.6) is 5.75 Å². The zero-order valence-corrected chi connectivity index (χ0v) is 17.6. The largest absolute Gasteiger partial charge is 0.452 e. The summed E-state index contributed by atoms with van der Waals surface area (Å²) in [5, 5.41) is 0. The van der Waals surface area contributed by atoms with Crippen LogP contribution in [0.15, 0.2) is 48.5 Å². The number of piperidine rings is 1. The average Bonchev–Trinajstić information content (AvgIpc) is 2.71. The van der Waals surface area contributed by atoms with Crippen molar-refractivity contribution in [2.24, 2.45) is 11.8 Å². The predicted octanol–water partition coefficient (Wildman–Crippen LogP) is 3.94. The molecule has 1 aliphatic rings. The van der Waals surface area contributed by atoms with Crippen LogP contribution < -0.4 is 4.74 Å². The minimum absolute atomic E-state index is 0.154. The van der Waals surface area contributed by atoms with Crippen LogP contribution in [0.2, 0.25) is 0 Å². The SMILES string of the molecule is CC(=O)Oc1ccc(-c2cccc(C(=O)OCC(=O)N3C[C@H](C)C[C@@H](C)C3)c2)cc1. The number of carbonyl (C=O) groups excluding carboxylic acids is 3. The van der Waals surface area contributed by atoms with E-state index >= 15 is 0 Å². The van der Waals surface area contributed by atoms with Crippen LogP contribution in [0.1, 0.15) is 37.6 Å². The number of nitrogens with zero attached hydrogens (tertiary/aromatic N) is 1. The molecule has 0 aromatic heterocycles. The lowest BCUT2D eigenvalue weighted by atomic mass is 9.92. The minimum Gasteiger partial charge on any atom is -0.452 e. The first kappa shape index (κ1) is 21.6. The fraction of sp³-hybridized carbons (Fsp3) is 0.375. The number of benzene rings is 2. The van der Waals surface area contributed by atoms with Crippen LogP contribution >= 0.6 is 0 Å². The summed E-state index contributed by atoms with van der Waals surface area (Å²) >= 11 is 0. The number of amides is 1. The summed E-state index contributed by atoms with van der Waals surface area (Å²) in [6.45, 7) is 6.78. The molecule has 1 saturated heterocycles. The van der Waals surface area contributed by atoms with Gasteiger partial charge in [-0.25, -0.2) is 4.79 Å². The Balaban J connectivity index is 1.62. The van der Waals surface area contributed by atoms with Gasteiger partial charge in [-0.15, -0.1) is 0 Å². The number of carbonyl (C=O) groups is 3. The highest BCUT2D eigenvalue weighted by Gasteiger charge is 2.26. The van der Waals surface area contributed by atoms with E-state index in [1.165, 1.54) is 6.92 Å². The third-order valence-corrected chi connectivity index (χ3v) is 5.10. The topological polar surface area (TPSA) is 72.9 Å². The van der Waals surface area contributed by atoms with Gasteiger partial charge in [0.2, 0.25) is 0 Å². The number of esters is 2. The molecule has 0 bridgehead atoms. The Labute approximate surface area is 176 Å². The van der Waals surface area contributed by atoms with Crippen molar-refractivity contribution in [1.82, 2.24) is 4.90 Å². The molecule has 3 rings (SSSR count). The van der Waals surface area contributed by atoms with E-state index in [-0.39, 0.29) is 18.5 Å². The molecule has 6 nitrogen and oxygen atoms in total. The van der Waals surface area contributed by atoms with Gasteiger partial charge in [-0.05, 0) is 53.6 Å². The Hall–Kier alpha value is -3.15. The second-order valence-electron chi connectivity index (χ2n) is 8.02. The monoisotopic (exact) mass is 409 g/mol. The summed E-state index contributed by atoms with van der Waals surface area (Å²) in [6.07, 6.45) is 1.11. The van der Waals surface area contributed by atoms with Crippen LogP contribution in [0.4, 0.5) is 0 Å². The molecule has 6 heteroatoms. The van der Waals surface area contributed by atoms with Gasteiger partial charge >= 0.3 is 11.9 Å². The van der Waals surface area contributed by atoms with Crippen molar-refractivity contribution in [3.05, 3.63) is 54.1 Å². The number of rotatable bonds is 5. The molecular formula is C24H27NO5. The van der Waals surface area contributed by atoms with Crippen molar-refractivity contribution in [2.45, 2.75) is 27.2 Å². The fourth-order valence-electron chi connectivity index (χ4n) is 3.88. The number of ether oxygens (including phenoxy) is 2. The zero-order valence-electron chi connectivity index (χ0n) is 17.6. The lowest BCUT2D eigenvalue weighted by Crippen LogP contribution is -2.44. The first-order valence-electron chi connectivity index (χ1n) is 10.2. The highest BCUT2D eigenvalue weighted by atomic mass is 16.5. The minimum atomic E-state index is -0.528. The third kappa shape index (κ3) is 5.69. The maximum atomic E-state index is 12.5. The average molecular weight is 409 g/mol. The van der Waals surface area contributed by atoms with E-state index in [0.29, 0.717) is 36.2 Å². The van der Waals surface area contributed by atoms with Crippen LogP contribution in [0.25, 0.3) is 11.1 Å². The molecule has 0 radical (unpaired) electrons. The van der Waals surface area contributed by atoms with E-state index in [9.17, 15) is 14.4 Å². The predicted molar refractivity (Wildman–Crippen MR) is 113 cm³/mol. The fourth-order valence-corrected chi connectivity index (χ4v) is 3.88. The van der Waals surface area contributed by atoms with Gasteiger partial charge in [0, 0.05) is 20.0 Å². The van der Waals surface area contributed by atoms with E-state index in [1.54, 1.807) is 35.2 Å². The summed E-state index contributed by atoms with van der Waals surface area (Å²) < 4.78 is 10.3. The van der Waals surface area contributed by atoms with Crippen molar-refractivity contribution in [3.8, 4) is 16.9 Å². The van der Waals surface area contributed by atoms with E-state index in [2.05, 4.69) is 13.8 Å². The van der Waals surface area contributed by atoms with Gasteiger partial charge in [0.15, 0.2) is 6.61 Å². The van der Waals surface area contributed by atoms with Crippen molar-refractivity contribution in [1.29, 1.82) is 0 Å². The smallest absolute Gasteiger partial charge is 0.338 e. The lowest BCUT2D eigenvalue weighted by Gasteiger charge is -2.34. The number of likely N-dealkylation sites (tertiary alicyclic amines) is 1. The van der Waals surface area contributed by atoms with Crippen LogP contribution in [0, 0.1) is 11.8 Å². The molecule has 0 N–H and O–H groups in total. The first-order chi connectivity index (χ1) is 14.3. The van der Waals surface area contributed by atoms with Crippen molar-refractivity contribution < 1.29 is 23.9 Å². The number of hydrogen-bond donors (Lipinski definition) is 0. The molecule has 0 saturated carbocycles. The molecule has 1 fully saturated rings. The summed E-state index contributed by atoms with van der Waals surface area (Å²) in [5.74, 6) is 0.311. The van der Waals surface area contributed by atoms with Gasteiger partial charge in [0.25, 0.3) is 5.91 Å². The van der Waals surface area contributed by atoms with Gasteiger partial charge < -0.3 is 14.4 Å². The summed E-state index contributed by atoms with van der Waals surface area (Å²) in [7, 11) is 0. The third-order valence-electron chi connectivity index (χ3n) is 5.10. The maximum Gasteiger partial charge on any atom is 0.338 e. The molecule has 30 heavy (non-hydrogen) atoms. The second kappa shape index (κ2) is 9.57. The summed E-state index contributed by atoms with van der Waals surface area (Å²) in [5.41, 5.74) is 2.07. The Morgan fingerprint density at radius 3 is 2.27 bits per heavy atom. The van der Waals surface area contributed by atoms with Gasteiger partial charge in [0.1, 0.15) is 5.75 Å². The normalized spacial score (nSPS) is 18.6. The van der Waals surface area contributed by atoms with Crippen LogP contribution in [0.3, 0.4) is 0 Å². The molecule has 0 unspecified atom stereocenters. The molecule has 158 valence electrons. The van der Waals surface area contributed by atoms with Crippen molar-refractivity contribution >= 4 is 17.8 Å². The molecule has 2 atom stereocenters. The molecule has 0 aliphatic carbocycles. The Morgan fingerprint density at radius 1 is 0.967 bits per heavy atom. The molecular weight excluding hydrogens is 382 g/mol. The summed E-state index contributed by atoms with van der Waals surface area (Å²) in [4.78, 5) is 37.7. The maximum absolute atomic E-state index is 12.5. The van der Waals surface area contributed by atoms with E-state index in [4.69, 9.17) is 9.47 Å². The van der Waals surface area contributed by atoms with Crippen molar-refractivity contribution in [3.63, 3.8) is 0 Å². The highest BCUT2D eigenvalue weighted by Crippen LogP contribution is 2.24. The highest BCUT2D eigenvalue weighted by molar-refractivity contribution is 5.92.